The fourth-order valence-electron chi connectivity index (χ4n) is 5.71. The minimum Gasteiger partial charge on any atom is -0.315 e. The van der Waals surface area contributed by atoms with E-state index in [0.29, 0.717) is 29.2 Å². The lowest BCUT2D eigenvalue weighted by Gasteiger charge is -2.34. The van der Waals surface area contributed by atoms with Crippen LogP contribution in [0.1, 0.15) is 23.2 Å². The molecule has 1 N–H and O–H groups in total. The Bertz CT molecular complexity index is 2170. The number of anilines is 1. The van der Waals surface area contributed by atoms with E-state index < -0.39 is 11.7 Å². The summed E-state index contributed by atoms with van der Waals surface area (Å²) in [6.45, 7) is 1.44. The maximum atomic E-state index is 15.8. The summed E-state index contributed by atoms with van der Waals surface area (Å²) in [6, 6.07) is 17.4. The van der Waals surface area contributed by atoms with Crippen LogP contribution in [-0.2, 0) is 0 Å². The fraction of sp³-hybridized carbons (Fsp3) is 0.156. The molecule has 1 saturated heterocycles. The number of carbonyl (C=O) groups is 1. The van der Waals surface area contributed by atoms with Crippen molar-refractivity contribution in [3.63, 3.8) is 0 Å². The molecule has 1 atom stereocenters. The third kappa shape index (κ3) is 4.91. The average molecular weight is 617 g/mol. The van der Waals surface area contributed by atoms with Crippen LogP contribution in [0.2, 0.25) is 0 Å². The van der Waals surface area contributed by atoms with Crippen LogP contribution in [-0.4, -0.2) is 64.8 Å². The lowest BCUT2D eigenvalue weighted by Crippen LogP contribution is -2.49. The van der Waals surface area contributed by atoms with E-state index in [0.717, 1.165) is 45.7 Å². The van der Waals surface area contributed by atoms with E-state index in [2.05, 4.69) is 30.7 Å². The Morgan fingerprint density at radius 1 is 1.02 bits per heavy atom. The molecule has 0 saturated carbocycles. The Kier molecular flexibility index (Phi) is 6.80. The maximum Gasteiger partial charge on any atom is 0.262 e. The third-order valence-electron chi connectivity index (χ3n) is 7.89. The highest BCUT2D eigenvalue weighted by Gasteiger charge is 2.32. The van der Waals surface area contributed by atoms with Gasteiger partial charge in [0.15, 0.2) is 11.5 Å². The molecule has 45 heavy (non-hydrogen) atoms. The molecule has 11 nitrogen and oxygen atoms in total. The zero-order valence-corrected chi connectivity index (χ0v) is 24.6. The van der Waals surface area contributed by atoms with Crippen LogP contribution in [0.4, 0.5) is 10.2 Å². The summed E-state index contributed by atoms with van der Waals surface area (Å²) in [7, 11) is 0. The van der Waals surface area contributed by atoms with Gasteiger partial charge >= 0.3 is 0 Å². The molecule has 1 aliphatic rings. The number of pyridine rings is 3. The van der Waals surface area contributed by atoms with E-state index in [1.165, 1.54) is 16.8 Å². The number of nitrogens with one attached hydrogen (secondary N) is 1. The number of rotatable bonds is 6. The van der Waals surface area contributed by atoms with Crippen LogP contribution in [0, 0.1) is 5.82 Å². The summed E-state index contributed by atoms with van der Waals surface area (Å²) in [5.41, 5.74) is 2.38. The normalized spacial score (nSPS) is 15.1. The number of carbonyl (C=O) groups excluding carboxylic acids is 1. The molecule has 0 bridgehead atoms. The molecule has 1 amide bonds. The summed E-state index contributed by atoms with van der Waals surface area (Å²) >= 11 is 1.59. The van der Waals surface area contributed by atoms with Crippen molar-refractivity contribution < 1.29 is 9.18 Å². The molecule has 13 heteroatoms. The molecule has 1 aromatic carbocycles. The van der Waals surface area contributed by atoms with Gasteiger partial charge in [-0.05, 0) is 67.9 Å². The molecule has 7 heterocycles. The van der Waals surface area contributed by atoms with Crippen molar-refractivity contribution in [1.29, 1.82) is 0 Å². The van der Waals surface area contributed by atoms with Gasteiger partial charge in [0.25, 0.3) is 5.91 Å². The van der Waals surface area contributed by atoms with E-state index in [4.69, 9.17) is 4.98 Å². The third-order valence-corrected chi connectivity index (χ3v) is 9.04. The molecule has 7 aromatic rings. The van der Waals surface area contributed by atoms with E-state index in [9.17, 15) is 4.79 Å². The first-order valence-electron chi connectivity index (χ1n) is 14.5. The number of hydrogen-bond donors (Lipinski definition) is 1. The first kappa shape index (κ1) is 27.2. The molecule has 0 spiro atoms. The van der Waals surface area contributed by atoms with Crippen molar-refractivity contribution in [2.45, 2.75) is 18.9 Å². The van der Waals surface area contributed by atoms with Crippen molar-refractivity contribution in [2.75, 3.05) is 18.0 Å². The minimum absolute atomic E-state index is 0.0485. The molecule has 222 valence electrons. The predicted molar refractivity (Wildman–Crippen MR) is 169 cm³/mol. The van der Waals surface area contributed by atoms with E-state index in [1.807, 2.05) is 36.5 Å². The summed E-state index contributed by atoms with van der Waals surface area (Å²) in [6.07, 6.45) is 10.4. The van der Waals surface area contributed by atoms with Gasteiger partial charge < -0.3 is 5.32 Å². The molecular formula is C32H25FN10OS. The average Bonchev–Trinajstić information content (AvgIpc) is 3.85. The van der Waals surface area contributed by atoms with Crippen molar-refractivity contribution >= 4 is 44.3 Å². The molecule has 8 rings (SSSR count). The summed E-state index contributed by atoms with van der Waals surface area (Å²) in [5.74, 6) is 0.104. The number of hydrogen-bond acceptors (Lipinski definition) is 9. The van der Waals surface area contributed by atoms with Crippen LogP contribution < -0.4 is 10.2 Å². The van der Waals surface area contributed by atoms with Crippen LogP contribution in [0.5, 0.6) is 0 Å². The lowest BCUT2D eigenvalue weighted by atomic mass is 10.0. The molecule has 0 aliphatic carbocycles. The zero-order chi connectivity index (χ0) is 30.3. The Labute approximate surface area is 260 Å². The van der Waals surface area contributed by atoms with E-state index in [1.54, 1.807) is 63.9 Å². The second kappa shape index (κ2) is 11.3. The quantitative estimate of drug-likeness (QED) is 0.271. The number of thiophene rings is 1. The van der Waals surface area contributed by atoms with Crippen molar-refractivity contribution in [2.24, 2.45) is 0 Å². The van der Waals surface area contributed by atoms with Gasteiger partial charge in [-0.25, -0.2) is 24.0 Å². The minimum atomic E-state index is -0.661. The smallest absolute Gasteiger partial charge is 0.262 e. The number of nitrogens with zero attached hydrogens (tertiary/aromatic N) is 9. The van der Waals surface area contributed by atoms with Gasteiger partial charge in [-0.3, -0.25) is 9.69 Å². The standard InChI is InChI=1S/C32H25FN10OS/c33-25-15-21(43-31-26(39-40-43)6-4-13-36-31)8-9-23(25)32(44)42(22-5-3-11-34-18-22)30-24-16-28(45-27(24)10-14-37-30)20-17-38-41(19-20)29-7-1-2-12-35-29/h1-2,4,6-10,12-17,19,22,34H,3,5,11,18H2/t22-/m1/s1. The van der Waals surface area contributed by atoms with E-state index in [-0.39, 0.29) is 11.6 Å². The van der Waals surface area contributed by atoms with Gasteiger partial charge in [-0.15, -0.1) is 16.4 Å². The second-order valence-corrected chi connectivity index (χ2v) is 11.8. The highest BCUT2D eigenvalue weighted by atomic mass is 32.1. The lowest BCUT2D eigenvalue weighted by molar-refractivity contribution is 0.0968. The number of halogens is 1. The van der Waals surface area contributed by atoms with Gasteiger partial charge in [-0.2, -0.15) is 9.78 Å². The number of aromatic nitrogens is 8. The first-order valence-corrected chi connectivity index (χ1v) is 15.3. The number of piperidine rings is 1. The molecule has 0 unspecified atom stereocenters. The Hall–Kier alpha value is -5.40. The number of fused-ring (bicyclic) bond motifs is 2. The van der Waals surface area contributed by atoms with Gasteiger partial charge in [0.05, 0.1) is 23.5 Å². The zero-order valence-electron chi connectivity index (χ0n) is 23.8. The topological polar surface area (TPSA) is 120 Å². The summed E-state index contributed by atoms with van der Waals surface area (Å²) in [4.78, 5) is 30.4. The van der Waals surface area contributed by atoms with Crippen molar-refractivity contribution in [1.82, 2.24) is 45.0 Å². The molecule has 6 aromatic heterocycles. The van der Waals surface area contributed by atoms with Crippen LogP contribution in [0.3, 0.4) is 0 Å². The fourth-order valence-corrected chi connectivity index (χ4v) is 6.74. The largest absolute Gasteiger partial charge is 0.315 e. The SMILES string of the molecule is O=C(c1ccc(-n2nnc3cccnc32)cc1F)N(c1nccc2sc(-c3cnn(-c4ccccn4)c3)cc12)[C@@H]1CCCNC1. The Morgan fingerprint density at radius 2 is 1.96 bits per heavy atom. The second-order valence-electron chi connectivity index (χ2n) is 10.7. The highest BCUT2D eigenvalue weighted by molar-refractivity contribution is 7.22. The molecule has 0 radical (unpaired) electrons. The Morgan fingerprint density at radius 3 is 2.80 bits per heavy atom. The molecule has 1 aliphatic heterocycles. The first-order chi connectivity index (χ1) is 22.1. The van der Waals surface area contributed by atoms with Crippen LogP contribution in [0.15, 0.2) is 91.6 Å². The van der Waals surface area contributed by atoms with Gasteiger partial charge in [0, 0.05) is 57.9 Å². The van der Waals surface area contributed by atoms with Crippen LogP contribution >= 0.6 is 11.3 Å². The van der Waals surface area contributed by atoms with Crippen LogP contribution in [0.25, 0.3) is 43.2 Å². The molecular weight excluding hydrogens is 591 g/mol. The van der Waals surface area contributed by atoms with Gasteiger partial charge in [0.1, 0.15) is 17.2 Å². The van der Waals surface area contributed by atoms with Crippen molar-refractivity contribution in [3.05, 3.63) is 103 Å². The summed E-state index contributed by atoms with van der Waals surface area (Å²) < 4.78 is 20.0. The number of amides is 1. The maximum absolute atomic E-state index is 15.8. The Balaban J connectivity index is 1.18. The van der Waals surface area contributed by atoms with Gasteiger partial charge in [-0.1, -0.05) is 11.3 Å². The predicted octanol–water partition coefficient (Wildman–Crippen LogP) is 5.21. The summed E-state index contributed by atoms with van der Waals surface area (Å²) in [5, 5.41) is 17.0. The number of benzene rings is 1. The monoisotopic (exact) mass is 616 g/mol. The molecule has 1 fully saturated rings. The highest BCUT2D eigenvalue weighted by Crippen LogP contribution is 2.39. The van der Waals surface area contributed by atoms with E-state index >= 15 is 4.39 Å². The van der Waals surface area contributed by atoms with Crippen molar-refractivity contribution in [3.8, 4) is 21.9 Å². The van der Waals surface area contributed by atoms with Gasteiger partial charge in [0.2, 0.25) is 0 Å².